The van der Waals surface area contributed by atoms with E-state index in [4.69, 9.17) is 16.1 Å². The minimum atomic E-state index is -0.473. The second-order valence-corrected chi connectivity index (χ2v) is 4.02. The van der Waals surface area contributed by atoms with Gasteiger partial charge in [0.15, 0.2) is 5.69 Å². The fourth-order valence-electron chi connectivity index (χ4n) is 1.52. The van der Waals surface area contributed by atoms with Gasteiger partial charge in [0.1, 0.15) is 5.38 Å². The summed E-state index contributed by atoms with van der Waals surface area (Å²) in [6.45, 7) is 0. The Balaban J connectivity index is 1.90. The summed E-state index contributed by atoms with van der Waals surface area (Å²) in [4.78, 5) is 4.20. The lowest BCUT2D eigenvalue weighted by Crippen LogP contribution is -1.93. The van der Waals surface area contributed by atoms with Crippen molar-refractivity contribution >= 4 is 11.6 Å². The maximum absolute atomic E-state index is 6.27. The van der Waals surface area contributed by atoms with Crippen molar-refractivity contribution in [2.24, 2.45) is 0 Å². The molecule has 90 valence electrons. The zero-order valence-electron chi connectivity index (χ0n) is 9.12. The number of H-pyrrole nitrogens is 1. The Labute approximate surface area is 107 Å². The van der Waals surface area contributed by atoms with Gasteiger partial charge in [-0.05, 0) is 5.56 Å². The molecule has 0 amide bonds. The van der Waals surface area contributed by atoms with Crippen molar-refractivity contribution in [3.05, 3.63) is 48.0 Å². The number of rotatable bonds is 3. The Morgan fingerprint density at radius 2 is 2.06 bits per heavy atom. The second-order valence-electron chi connectivity index (χ2n) is 3.58. The van der Waals surface area contributed by atoms with Gasteiger partial charge in [0, 0.05) is 0 Å². The highest BCUT2D eigenvalue weighted by molar-refractivity contribution is 6.22. The molecular weight excluding hydrogens is 254 g/mol. The summed E-state index contributed by atoms with van der Waals surface area (Å²) in [5.41, 5.74) is 1.41. The van der Waals surface area contributed by atoms with Crippen LogP contribution in [0.3, 0.4) is 0 Å². The quantitative estimate of drug-likeness (QED) is 0.731. The fourth-order valence-corrected chi connectivity index (χ4v) is 1.75. The van der Waals surface area contributed by atoms with Gasteiger partial charge in [0.05, 0.1) is 6.20 Å². The molecule has 0 aliphatic carbocycles. The third kappa shape index (κ3) is 1.98. The average Bonchev–Trinajstić information content (AvgIpc) is 3.09. The van der Waals surface area contributed by atoms with Gasteiger partial charge in [-0.25, -0.2) is 0 Å². The van der Waals surface area contributed by atoms with E-state index in [0.717, 1.165) is 5.56 Å². The second kappa shape index (κ2) is 4.58. The van der Waals surface area contributed by atoms with Crippen LogP contribution >= 0.6 is 11.6 Å². The normalized spacial score (nSPS) is 12.5. The zero-order chi connectivity index (χ0) is 12.4. The predicted octanol–water partition coefficient (Wildman–Crippen LogP) is 2.18. The number of halogens is 1. The van der Waals surface area contributed by atoms with Crippen molar-refractivity contribution < 1.29 is 4.52 Å². The van der Waals surface area contributed by atoms with Crippen molar-refractivity contribution in [3.8, 4) is 11.5 Å². The molecule has 2 heterocycles. The molecule has 0 saturated carbocycles. The van der Waals surface area contributed by atoms with Crippen LogP contribution < -0.4 is 0 Å². The summed E-state index contributed by atoms with van der Waals surface area (Å²) in [6, 6.07) is 9.52. The van der Waals surface area contributed by atoms with Gasteiger partial charge in [-0.2, -0.15) is 20.4 Å². The van der Waals surface area contributed by atoms with Gasteiger partial charge in [-0.15, -0.1) is 11.6 Å². The lowest BCUT2D eigenvalue weighted by atomic mass is 10.1. The molecule has 3 rings (SSSR count). The predicted molar refractivity (Wildman–Crippen MR) is 63.8 cm³/mol. The van der Waals surface area contributed by atoms with Crippen LogP contribution in [0.15, 0.2) is 41.1 Å². The maximum atomic E-state index is 6.27. The molecule has 0 saturated heterocycles. The molecule has 6 nitrogen and oxygen atoms in total. The first kappa shape index (κ1) is 10.9. The molecule has 2 aromatic heterocycles. The van der Waals surface area contributed by atoms with Gasteiger partial charge in [-0.1, -0.05) is 35.5 Å². The van der Waals surface area contributed by atoms with Crippen molar-refractivity contribution in [2.45, 2.75) is 5.38 Å². The first-order valence-electron chi connectivity index (χ1n) is 5.23. The van der Waals surface area contributed by atoms with Crippen molar-refractivity contribution in [1.29, 1.82) is 0 Å². The minimum Gasteiger partial charge on any atom is -0.337 e. The van der Waals surface area contributed by atoms with Crippen LogP contribution in [0.2, 0.25) is 0 Å². The number of hydrogen-bond acceptors (Lipinski definition) is 5. The van der Waals surface area contributed by atoms with E-state index in [9.17, 15) is 0 Å². The number of nitrogens with zero attached hydrogens (tertiary/aromatic N) is 4. The molecule has 1 N–H and O–H groups in total. The summed E-state index contributed by atoms with van der Waals surface area (Å²) in [7, 11) is 0. The lowest BCUT2D eigenvalue weighted by Gasteiger charge is -2.02. The number of nitrogens with one attached hydrogen (secondary N) is 1. The van der Waals surface area contributed by atoms with Crippen LogP contribution in [0.4, 0.5) is 0 Å². The Bertz CT molecular complexity index is 622. The number of benzene rings is 1. The van der Waals surface area contributed by atoms with Crippen molar-refractivity contribution in [1.82, 2.24) is 25.6 Å². The third-order valence-electron chi connectivity index (χ3n) is 2.39. The largest absolute Gasteiger partial charge is 0.337 e. The van der Waals surface area contributed by atoms with Gasteiger partial charge >= 0.3 is 0 Å². The van der Waals surface area contributed by atoms with E-state index in [0.29, 0.717) is 17.4 Å². The number of aromatic nitrogens is 5. The fraction of sp³-hybridized carbons (Fsp3) is 0.0909. The summed E-state index contributed by atoms with van der Waals surface area (Å²) in [5.74, 6) is 0.696. The first-order chi connectivity index (χ1) is 8.84. The zero-order valence-corrected chi connectivity index (χ0v) is 9.87. The Morgan fingerprint density at radius 1 is 1.22 bits per heavy atom. The molecule has 0 spiro atoms. The number of aromatic amines is 1. The highest BCUT2D eigenvalue weighted by atomic mass is 35.5. The van der Waals surface area contributed by atoms with Crippen molar-refractivity contribution in [3.63, 3.8) is 0 Å². The highest BCUT2D eigenvalue weighted by Gasteiger charge is 2.19. The van der Waals surface area contributed by atoms with E-state index in [2.05, 4.69) is 25.6 Å². The summed E-state index contributed by atoms with van der Waals surface area (Å²) >= 11 is 6.27. The Morgan fingerprint density at radius 3 is 2.78 bits per heavy atom. The molecule has 1 aromatic carbocycles. The molecule has 7 heteroatoms. The van der Waals surface area contributed by atoms with E-state index in [-0.39, 0.29) is 0 Å². The topological polar surface area (TPSA) is 80.5 Å². The maximum Gasteiger partial charge on any atom is 0.249 e. The smallest absolute Gasteiger partial charge is 0.249 e. The summed E-state index contributed by atoms with van der Waals surface area (Å²) < 4.78 is 5.13. The van der Waals surface area contributed by atoms with Crippen LogP contribution in [-0.4, -0.2) is 25.6 Å². The Kier molecular flexibility index (Phi) is 2.77. The molecule has 0 radical (unpaired) electrons. The van der Waals surface area contributed by atoms with Crippen LogP contribution in [0.5, 0.6) is 0 Å². The lowest BCUT2D eigenvalue weighted by molar-refractivity contribution is 0.383. The summed E-state index contributed by atoms with van der Waals surface area (Å²) in [6.07, 6.45) is 1.51. The Hall–Kier alpha value is -2.21. The SMILES string of the molecule is ClC(c1ccccc1)c1nc(-c2cn[nH]n2)no1. The monoisotopic (exact) mass is 261 g/mol. The number of alkyl halides is 1. The molecule has 1 atom stereocenters. The molecule has 0 aliphatic rings. The molecule has 0 fully saturated rings. The average molecular weight is 262 g/mol. The van der Waals surface area contributed by atoms with Crippen LogP contribution in [-0.2, 0) is 0 Å². The standard InChI is InChI=1S/C11H8ClN5O/c12-9(7-4-2-1-3-5-7)11-14-10(16-18-11)8-6-13-17-15-8/h1-6,9H,(H,13,15,17). The third-order valence-corrected chi connectivity index (χ3v) is 2.83. The van der Waals surface area contributed by atoms with E-state index < -0.39 is 5.38 Å². The van der Waals surface area contributed by atoms with Crippen LogP contribution in [0.1, 0.15) is 16.8 Å². The molecule has 0 bridgehead atoms. The van der Waals surface area contributed by atoms with Gasteiger partial charge in [-0.3, -0.25) is 0 Å². The van der Waals surface area contributed by atoms with E-state index in [1.807, 2.05) is 30.3 Å². The van der Waals surface area contributed by atoms with Gasteiger partial charge in [0.25, 0.3) is 0 Å². The molecular formula is C11H8ClN5O. The first-order valence-corrected chi connectivity index (χ1v) is 5.67. The number of hydrogen-bond donors (Lipinski definition) is 1. The molecule has 18 heavy (non-hydrogen) atoms. The molecule has 0 aliphatic heterocycles. The van der Waals surface area contributed by atoms with E-state index in [1.54, 1.807) is 0 Å². The summed E-state index contributed by atoms with van der Waals surface area (Å²) in [5, 5.41) is 13.4. The van der Waals surface area contributed by atoms with E-state index >= 15 is 0 Å². The highest BCUT2D eigenvalue weighted by Crippen LogP contribution is 2.28. The minimum absolute atomic E-state index is 0.334. The molecule has 3 aromatic rings. The van der Waals surface area contributed by atoms with Crippen LogP contribution in [0, 0.1) is 0 Å². The van der Waals surface area contributed by atoms with Crippen LogP contribution in [0.25, 0.3) is 11.5 Å². The van der Waals surface area contributed by atoms with Crippen molar-refractivity contribution in [2.75, 3.05) is 0 Å². The van der Waals surface area contributed by atoms with E-state index in [1.165, 1.54) is 6.20 Å². The van der Waals surface area contributed by atoms with Gasteiger partial charge in [0.2, 0.25) is 11.7 Å². The van der Waals surface area contributed by atoms with Gasteiger partial charge < -0.3 is 4.52 Å². The molecule has 1 unspecified atom stereocenters.